The minimum Gasteiger partial charge on any atom is -0.360 e. The molecule has 1 aliphatic rings. The van der Waals surface area contributed by atoms with E-state index in [-0.39, 0.29) is 10.9 Å². The van der Waals surface area contributed by atoms with Crippen molar-refractivity contribution < 1.29 is 12.9 Å². The van der Waals surface area contributed by atoms with E-state index < -0.39 is 10.0 Å². The zero-order chi connectivity index (χ0) is 17.8. The Morgan fingerprint density at radius 2 is 2.04 bits per heavy atom. The van der Waals surface area contributed by atoms with E-state index in [1.807, 2.05) is 17.0 Å². The number of hydrogen-bond donors (Lipinski definition) is 0. The lowest BCUT2D eigenvalue weighted by molar-refractivity contribution is 0.308. The van der Waals surface area contributed by atoms with Crippen LogP contribution in [-0.4, -0.2) is 63.9 Å². The van der Waals surface area contributed by atoms with Gasteiger partial charge >= 0.3 is 0 Å². The number of hydrogen-bond acceptors (Lipinski definition) is 8. The van der Waals surface area contributed by atoms with Crippen LogP contribution in [0, 0.1) is 13.8 Å². The van der Waals surface area contributed by atoms with Gasteiger partial charge in [-0.3, -0.25) is 0 Å². The lowest BCUT2D eigenvalue weighted by atomic mass is 10.1. The summed E-state index contributed by atoms with van der Waals surface area (Å²) in [6.45, 7) is 4.34. The van der Waals surface area contributed by atoms with Gasteiger partial charge in [0.25, 0.3) is 0 Å². The summed E-state index contributed by atoms with van der Waals surface area (Å²) < 4.78 is 33.6. The van der Waals surface area contributed by atoms with E-state index in [1.54, 1.807) is 25.4 Å². The maximum atomic E-state index is 12.8. The molecule has 0 aliphatic carbocycles. The van der Waals surface area contributed by atoms with Gasteiger partial charge in [-0.1, -0.05) is 5.16 Å². The molecular formula is C14H17N7O3S. The Bertz CT molecular complexity index is 1020. The zero-order valence-electron chi connectivity index (χ0n) is 14.0. The van der Waals surface area contributed by atoms with Crippen LogP contribution in [0.4, 0.5) is 5.82 Å². The number of fused-ring (bicyclic) bond motifs is 1. The molecule has 1 saturated heterocycles. The maximum Gasteiger partial charge on any atom is 0.248 e. The molecule has 1 fully saturated rings. The van der Waals surface area contributed by atoms with Gasteiger partial charge in [0.15, 0.2) is 11.4 Å². The number of nitrogens with zero attached hydrogens (tertiary/aromatic N) is 7. The summed E-state index contributed by atoms with van der Waals surface area (Å²) in [5.74, 6) is 1.06. The van der Waals surface area contributed by atoms with Crippen molar-refractivity contribution in [2.75, 3.05) is 25.0 Å². The van der Waals surface area contributed by atoms with Crippen LogP contribution >= 0.6 is 0 Å². The third kappa shape index (κ3) is 2.46. The molecule has 25 heavy (non-hydrogen) atoms. The molecule has 4 heterocycles. The molecule has 0 unspecified atom stereocenters. The molecule has 1 aliphatic heterocycles. The smallest absolute Gasteiger partial charge is 0.248 e. The molecular weight excluding hydrogens is 346 g/mol. The summed E-state index contributed by atoms with van der Waals surface area (Å²) in [7, 11) is -2.06. The fourth-order valence-corrected chi connectivity index (χ4v) is 4.57. The summed E-state index contributed by atoms with van der Waals surface area (Å²) in [5.41, 5.74) is 1.04. The Kier molecular flexibility index (Phi) is 3.51. The molecule has 0 saturated carbocycles. The SMILES string of the molecule is Cc1noc(C)c1S(=O)(=O)N(C)C1CN(c2ccc3nncn3n2)C1. The molecule has 4 rings (SSSR count). The molecule has 0 spiro atoms. The van der Waals surface area contributed by atoms with E-state index in [0.29, 0.717) is 30.2 Å². The molecule has 10 nitrogen and oxygen atoms in total. The van der Waals surface area contributed by atoms with E-state index >= 15 is 0 Å². The minimum atomic E-state index is -3.64. The molecule has 11 heteroatoms. The van der Waals surface area contributed by atoms with Crippen LogP contribution in [0.5, 0.6) is 0 Å². The van der Waals surface area contributed by atoms with Gasteiger partial charge in [-0.2, -0.15) is 8.82 Å². The molecule has 3 aromatic rings. The highest BCUT2D eigenvalue weighted by molar-refractivity contribution is 7.89. The Hall–Kier alpha value is -2.53. The van der Waals surface area contributed by atoms with Crippen LogP contribution in [0.25, 0.3) is 5.65 Å². The average molecular weight is 363 g/mol. The number of likely N-dealkylation sites (N-methyl/N-ethyl adjacent to an activating group) is 1. The van der Waals surface area contributed by atoms with Crippen molar-refractivity contribution in [2.24, 2.45) is 0 Å². The van der Waals surface area contributed by atoms with Crippen LogP contribution in [0.2, 0.25) is 0 Å². The second kappa shape index (κ2) is 5.49. The van der Waals surface area contributed by atoms with Crippen molar-refractivity contribution in [3.05, 3.63) is 29.9 Å². The normalized spacial score (nSPS) is 15.9. The van der Waals surface area contributed by atoms with Crippen molar-refractivity contribution in [1.82, 2.24) is 29.3 Å². The number of rotatable bonds is 4. The first-order chi connectivity index (χ1) is 11.9. The monoisotopic (exact) mass is 363 g/mol. The van der Waals surface area contributed by atoms with Gasteiger partial charge in [-0.25, -0.2) is 8.42 Å². The Morgan fingerprint density at radius 1 is 1.28 bits per heavy atom. The highest BCUT2D eigenvalue weighted by Crippen LogP contribution is 2.28. The molecule has 3 aromatic heterocycles. The van der Waals surface area contributed by atoms with Gasteiger partial charge in [0.05, 0.1) is 6.04 Å². The highest BCUT2D eigenvalue weighted by atomic mass is 32.2. The largest absolute Gasteiger partial charge is 0.360 e. The van der Waals surface area contributed by atoms with E-state index in [1.165, 1.54) is 10.6 Å². The molecule has 0 aromatic carbocycles. The Balaban J connectivity index is 1.51. The third-order valence-electron chi connectivity index (χ3n) is 4.45. The van der Waals surface area contributed by atoms with Gasteiger partial charge in [-0.15, -0.1) is 15.3 Å². The van der Waals surface area contributed by atoms with Gasteiger partial charge in [0, 0.05) is 20.1 Å². The van der Waals surface area contributed by atoms with Crippen LogP contribution in [0.1, 0.15) is 11.5 Å². The number of aromatic nitrogens is 5. The first-order valence-corrected chi connectivity index (χ1v) is 9.15. The fraction of sp³-hybridized carbons (Fsp3) is 0.429. The average Bonchev–Trinajstić information content (AvgIpc) is 3.11. The first kappa shape index (κ1) is 16.0. The molecule has 132 valence electrons. The summed E-state index contributed by atoms with van der Waals surface area (Å²) in [4.78, 5) is 2.15. The van der Waals surface area contributed by atoms with Gasteiger partial charge in [-0.05, 0) is 26.0 Å². The molecule has 0 bridgehead atoms. The van der Waals surface area contributed by atoms with Crippen LogP contribution < -0.4 is 4.90 Å². The van der Waals surface area contributed by atoms with Crippen LogP contribution in [0.3, 0.4) is 0 Å². The van der Waals surface area contributed by atoms with E-state index in [4.69, 9.17) is 4.52 Å². The number of aryl methyl sites for hydroxylation is 2. The van der Waals surface area contributed by atoms with Gasteiger partial charge < -0.3 is 9.42 Å². The predicted octanol–water partition coefficient (Wildman–Crippen LogP) is 0.238. The fourth-order valence-electron chi connectivity index (χ4n) is 2.94. The molecule has 0 radical (unpaired) electrons. The lowest BCUT2D eigenvalue weighted by Crippen LogP contribution is -2.60. The van der Waals surface area contributed by atoms with Crippen molar-refractivity contribution in [3.8, 4) is 0 Å². The predicted molar refractivity (Wildman–Crippen MR) is 87.7 cm³/mol. The minimum absolute atomic E-state index is 0.142. The quantitative estimate of drug-likeness (QED) is 0.648. The Morgan fingerprint density at radius 3 is 2.72 bits per heavy atom. The molecule has 0 N–H and O–H groups in total. The van der Waals surface area contributed by atoms with Crippen molar-refractivity contribution in [1.29, 1.82) is 0 Å². The summed E-state index contributed by atoms with van der Waals surface area (Å²) in [6, 6.07) is 3.54. The van der Waals surface area contributed by atoms with E-state index in [2.05, 4.69) is 20.5 Å². The van der Waals surface area contributed by atoms with Crippen molar-refractivity contribution in [3.63, 3.8) is 0 Å². The highest BCUT2D eigenvalue weighted by Gasteiger charge is 2.39. The summed E-state index contributed by atoms with van der Waals surface area (Å²) in [5, 5.41) is 15.9. The Labute approximate surface area is 144 Å². The standard InChI is InChI=1S/C14H17N7O3S/c1-9-14(10(2)24-18-9)25(22,23)19(3)11-6-20(7-11)13-5-4-12-16-15-8-21(12)17-13/h4-5,8,11H,6-7H2,1-3H3. The van der Waals surface area contributed by atoms with Gasteiger partial charge in [0.1, 0.15) is 22.7 Å². The molecule has 0 atom stereocenters. The second-order valence-electron chi connectivity index (χ2n) is 6.06. The number of anilines is 1. The number of sulfonamides is 1. The zero-order valence-corrected chi connectivity index (χ0v) is 14.8. The van der Waals surface area contributed by atoms with Crippen LogP contribution in [0.15, 0.2) is 27.9 Å². The third-order valence-corrected chi connectivity index (χ3v) is 6.61. The van der Waals surface area contributed by atoms with Crippen molar-refractivity contribution >= 4 is 21.5 Å². The lowest BCUT2D eigenvalue weighted by Gasteiger charge is -2.43. The van der Waals surface area contributed by atoms with E-state index in [9.17, 15) is 8.42 Å². The topological polar surface area (TPSA) is 110 Å². The maximum absolute atomic E-state index is 12.8. The van der Waals surface area contributed by atoms with Crippen LogP contribution in [-0.2, 0) is 10.0 Å². The van der Waals surface area contributed by atoms with E-state index in [0.717, 1.165) is 5.82 Å². The van der Waals surface area contributed by atoms with Crippen molar-refractivity contribution in [2.45, 2.75) is 24.8 Å². The molecule has 0 amide bonds. The van der Waals surface area contributed by atoms with Gasteiger partial charge in [0.2, 0.25) is 10.0 Å². The second-order valence-corrected chi connectivity index (χ2v) is 7.99. The first-order valence-electron chi connectivity index (χ1n) is 7.71. The summed E-state index contributed by atoms with van der Waals surface area (Å²) >= 11 is 0. The summed E-state index contributed by atoms with van der Waals surface area (Å²) in [6.07, 6.45) is 1.53.